The molecule has 0 saturated carbocycles. The van der Waals surface area contributed by atoms with E-state index < -0.39 is 28.1 Å². The van der Waals surface area contributed by atoms with Crippen LogP contribution in [0.1, 0.15) is 35.3 Å². The number of rotatable bonds is 7. The second-order valence-electron chi connectivity index (χ2n) is 6.80. The van der Waals surface area contributed by atoms with Crippen LogP contribution in [0.2, 0.25) is 0 Å². The van der Waals surface area contributed by atoms with E-state index in [9.17, 15) is 31.5 Å². The van der Waals surface area contributed by atoms with Gasteiger partial charge in [0.2, 0.25) is 0 Å². The molecule has 1 aromatic carbocycles. The van der Waals surface area contributed by atoms with Gasteiger partial charge in [0.05, 0.1) is 16.8 Å². The molecule has 0 bridgehead atoms. The van der Waals surface area contributed by atoms with Gasteiger partial charge >= 0.3 is 18.1 Å². The number of sulfonamides is 1. The van der Waals surface area contributed by atoms with Crippen LogP contribution in [-0.2, 0) is 14.8 Å². The van der Waals surface area contributed by atoms with Gasteiger partial charge in [-0.1, -0.05) is 6.07 Å². The van der Waals surface area contributed by atoms with Crippen molar-refractivity contribution in [3.8, 4) is 0 Å². The molecule has 0 unspecified atom stereocenters. The maximum atomic E-state index is 12.6. The number of carboxylic acid groups (broad SMARTS) is 2. The number of benzene rings is 1. The third-order valence-electron chi connectivity index (χ3n) is 4.16. The molecule has 182 valence electrons. The minimum Gasteiger partial charge on any atom is -0.478 e. The van der Waals surface area contributed by atoms with E-state index in [1.54, 1.807) is 17.0 Å². The first-order chi connectivity index (χ1) is 15.1. The molecule has 33 heavy (non-hydrogen) atoms. The molecule has 0 saturated heterocycles. The fourth-order valence-corrected chi connectivity index (χ4v) is 3.97. The average molecular weight is 491 g/mol. The molecule has 1 aromatic heterocycles. The molecule has 0 aliphatic carbocycles. The van der Waals surface area contributed by atoms with Crippen LogP contribution in [0.3, 0.4) is 0 Å². The van der Waals surface area contributed by atoms with Gasteiger partial charge in [0.1, 0.15) is 11.4 Å². The molecular formula is C20H24F3N3O6S. The van der Waals surface area contributed by atoms with Crippen molar-refractivity contribution in [3.05, 3.63) is 47.2 Å². The van der Waals surface area contributed by atoms with E-state index in [0.717, 1.165) is 11.1 Å². The fourth-order valence-electron chi connectivity index (χ4n) is 2.75. The summed E-state index contributed by atoms with van der Waals surface area (Å²) in [5.74, 6) is -3.60. The first-order valence-corrected chi connectivity index (χ1v) is 11.0. The van der Waals surface area contributed by atoms with Crippen molar-refractivity contribution >= 4 is 33.5 Å². The number of nitrogens with zero attached hydrogens (tertiary/aromatic N) is 2. The molecule has 1 heterocycles. The number of hydrogen-bond acceptors (Lipinski definition) is 6. The second kappa shape index (κ2) is 11.0. The van der Waals surface area contributed by atoms with Crippen LogP contribution < -0.4 is 9.62 Å². The Bertz CT molecular complexity index is 1100. The fraction of sp³-hybridized carbons (Fsp3) is 0.350. The van der Waals surface area contributed by atoms with Crippen molar-refractivity contribution in [1.82, 2.24) is 4.98 Å². The van der Waals surface area contributed by atoms with Gasteiger partial charge in [-0.3, -0.25) is 4.72 Å². The van der Waals surface area contributed by atoms with E-state index in [4.69, 9.17) is 9.90 Å². The summed E-state index contributed by atoms with van der Waals surface area (Å²) in [6.07, 6.45) is -3.75. The quantitative estimate of drug-likeness (QED) is 0.534. The minimum atomic E-state index is -5.08. The molecule has 9 nitrogen and oxygen atoms in total. The van der Waals surface area contributed by atoms with Gasteiger partial charge < -0.3 is 15.1 Å². The minimum absolute atomic E-state index is 0.0469. The lowest BCUT2D eigenvalue weighted by atomic mass is 10.2. The predicted octanol–water partition coefficient (Wildman–Crippen LogP) is 3.68. The van der Waals surface area contributed by atoms with Crippen LogP contribution in [0.15, 0.2) is 35.4 Å². The molecular weight excluding hydrogens is 467 g/mol. The third-order valence-corrected chi connectivity index (χ3v) is 5.52. The Hall–Kier alpha value is -3.35. The van der Waals surface area contributed by atoms with Gasteiger partial charge in [0, 0.05) is 13.1 Å². The molecule has 0 spiro atoms. The predicted molar refractivity (Wildman–Crippen MR) is 115 cm³/mol. The van der Waals surface area contributed by atoms with E-state index in [0.29, 0.717) is 18.9 Å². The van der Waals surface area contributed by atoms with Crippen molar-refractivity contribution in [3.63, 3.8) is 0 Å². The number of hydrogen-bond donors (Lipinski definition) is 3. The monoisotopic (exact) mass is 491 g/mol. The highest BCUT2D eigenvalue weighted by Crippen LogP contribution is 2.24. The maximum Gasteiger partial charge on any atom is 0.490 e. The van der Waals surface area contributed by atoms with Gasteiger partial charge in [-0.25, -0.2) is 23.0 Å². The summed E-state index contributed by atoms with van der Waals surface area (Å²) in [7, 11) is -3.84. The molecule has 2 aromatic rings. The van der Waals surface area contributed by atoms with Crippen LogP contribution in [-0.4, -0.2) is 54.8 Å². The lowest BCUT2D eigenvalue weighted by Crippen LogP contribution is -2.25. The highest BCUT2D eigenvalue weighted by molar-refractivity contribution is 7.92. The Morgan fingerprint density at radius 2 is 1.52 bits per heavy atom. The SMILES string of the molecule is CCN(CC)c1ncc(NS(=O)(=O)c2cc(C)cc(C)c2)cc1C(=O)O.O=C(O)C(F)(F)F. The number of aliphatic carboxylic acids is 1. The molecule has 0 fully saturated rings. The van der Waals surface area contributed by atoms with Crippen LogP contribution in [0.5, 0.6) is 0 Å². The van der Waals surface area contributed by atoms with E-state index >= 15 is 0 Å². The Kier molecular flexibility index (Phi) is 9.22. The number of anilines is 2. The second-order valence-corrected chi connectivity index (χ2v) is 8.49. The normalized spacial score (nSPS) is 11.2. The standard InChI is InChI=1S/C18H23N3O4S.C2HF3O2/c1-5-21(6-2)17-16(18(22)23)10-14(11-19-17)20-26(24,25)15-8-12(3)7-13(4)9-15;3-2(4,5)1(6)7/h7-11,20H,5-6H2,1-4H3,(H,22,23);(H,6,7). The Labute approximate surface area is 188 Å². The van der Waals surface area contributed by atoms with Gasteiger partial charge in [-0.05, 0) is 57.0 Å². The summed E-state index contributed by atoms with van der Waals surface area (Å²) in [5, 5.41) is 16.6. The number of aromatic carboxylic acids is 1. The number of pyridine rings is 1. The summed E-state index contributed by atoms with van der Waals surface area (Å²) in [4.78, 5) is 26.6. The molecule has 0 aliphatic rings. The smallest absolute Gasteiger partial charge is 0.478 e. The topological polar surface area (TPSA) is 137 Å². The van der Waals surface area contributed by atoms with Crippen molar-refractivity contribution in [2.45, 2.75) is 38.8 Å². The van der Waals surface area contributed by atoms with Crippen LogP contribution >= 0.6 is 0 Å². The van der Waals surface area contributed by atoms with Crippen molar-refractivity contribution < 1.29 is 41.4 Å². The molecule has 13 heteroatoms. The highest BCUT2D eigenvalue weighted by Gasteiger charge is 2.38. The summed E-state index contributed by atoms with van der Waals surface area (Å²) in [5.41, 5.74) is 1.71. The van der Waals surface area contributed by atoms with Gasteiger partial charge in [-0.15, -0.1) is 0 Å². The number of aryl methyl sites for hydroxylation is 2. The molecule has 0 amide bonds. The van der Waals surface area contributed by atoms with E-state index in [1.165, 1.54) is 12.3 Å². The number of alkyl halides is 3. The van der Waals surface area contributed by atoms with Gasteiger partial charge in [0.25, 0.3) is 10.0 Å². The molecule has 2 rings (SSSR count). The van der Waals surface area contributed by atoms with Crippen LogP contribution in [0.4, 0.5) is 24.7 Å². The van der Waals surface area contributed by atoms with Gasteiger partial charge in [-0.2, -0.15) is 13.2 Å². The molecule has 0 atom stereocenters. The third kappa shape index (κ3) is 7.93. The van der Waals surface area contributed by atoms with Crippen molar-refractivity contribution in [1.29, 1.82) is 0 Å². The largest absolute Gasteiger partial charge is 0.490 e. The number of halogens is 3. The van der Waals surface area contributed by atoms with Crippen molar-refractivity contribution in [2.24, 2.45) is 0 Å². The summed E-state index contributed by atoms with van der Waals surface area (Å²) in [6.45, 7) is 8.61. The lowest BCUT2D eigenvalue weighted by Gasteiger charge is -2.22. The summed E-state index contributed by atoms with van der Waals surface area (Å²) < 4.78 is 59.4. The van der Waals surface area contributed by atoms with Crippen LogP contribution in [0.25, 0.3) is 0 Å². The number of nitrogens with one attached hydrogen (secondary N) is 1. The summed E-state index contributed by atoms with van der Waals surface area (Å²) >= 11 is 0. The number of carboxylic acids is 2. The van der Waals surface area contributed by atoms with Crippen molar-refractivity contribution in [2.75, 3.05) is 22.7 Å². The zero-order valence-electron chi connectivity index (χ0n) is 18.3. The average Bonchev–Trinajstić information content (AvgIpc) is 2.68. The zero-order valence-corrected chi connectivity index (χ0v) is 19.1. The van der Waals surface area contributed by atoms with E-state index in [1.807, 2.05) is 33.8 Å². The first kappa shape index (κ1) is 27.7. The molecule has 0 radical (unpaired) electrons. The Morgan fingerprint density at radius 3 is 1.91 bits per heavy atom. The van der Waals surface area contributed by atoms with E-state index in [-0.39, 0.29) is 16.1 Å². The first-order valence-electron chi connectivity index (χ1n) is 9.51. The zero-order chi connectivity index (χ0) is 25.6. The highest BCUT2D eigenvalue weighted by atomic mass is 32.2. The molecule has 0 aliphatic heterocycles. The van der Waals surface area contributed by atoms with Crippen LogP contribution in [0, 0.1) is 13.8 Å². The summed E-state index contributed by atoms with van der Waals surface area (Å²) in [6, 6.07) is 6.29. The number of aromatic nitrogens is 1. The Morgan fingerprint density at radius 1 is 1.03 bits per heavy atom. The Balaban J connectivity index is 0.000000675. The number of carbonyl (C=O) groups is 2. The van der Waals surface area contributed by atoms with E-state index in [2.05, 4.69) is 9.71 Å². The molecule has 3 N–H and O–H groups in total. The van der Waals surface area contributed by atoms with Gasteiger partial charge in [0.15, 0.2) is 0 Å². The maximum absolute atomic E-state index is 12.6. The lowest BCUT2D eigenvalue weighted by molar-refractivity contribution is -0.192.